The Morgan fingerprint density at radius 2 is 1.62 bits per heavy atom. The monoisotopic (exact) mass is 370 g/mol. The molecule has 0 spiro atoms. The highest BCUT2D eigenvalue weighted by Gasteiger charge is 2.10. The molecule has 0 aliphatic carbocycles. The van der Waals surface area contributed by atoms with Crippen molar-refractivity contribution in [2.45, 2.75) is 0 Å². The highest BCUT2D eigenvalue weighted by Crippen LogP contribution is 2.13. The number of rotatable bonds is 5. The van der Waals surface area contributed by atoms with Crippen molar-refractivity contribution >= 4 is 39.3 Å². The predicted octanol–water partition coefficient (Wildman–Crippen LogP) is 2.86. The third kappa shape index (κ3) is 4.61. The summed E-state index contributed by atoms with van der Waals surface area (Å²) in [4.78, 5) is 23.4. The summed E-state index contributed by atoms with van der Waals surface area (Å²) in [7, 11) is 0. The van der Waals surface area contributed by atoms with Gasteiger partial charge in [-0.25, -0.2) is 0 Å². The number of nitrogens with one attached hydrogen (secondary N) is 2. The molecule has 110 valence electrons. The second kappa shape index (κ2) is 7.28. The third-order valence-corrected chi connectivity index (χ3v) is 3.28. The van der Waals surface area contributed by atoms with Gasteiger partial charge in [0.25, 0.3) is 11.8 Å². The van der Waals surface area contributed by atoms with Gasteiger partial charge in [0.2, 0.25) is 0 Å². The summed E-state index contributed by atoms with van der Waals surface area (Å²) in [6.45, 7) is 0.617. The van der Waals surface area contributed by atoms with E-state index in [9.17, 15) is 9.59 Å². The Labute approximate surface area is 134 Å². The predicted molar refractivity (Wildman–Crippen MR) is 82.5 cm³/mol. The van der Waals surface area contributed by atoms with Gasteiger partial charge in [-0.2, -0.15) is 0 Å². The molecule has 2 aromatic rings. The molecule has 0 radical (unpaired) electrons. The highest BCUT2D eigenvalue weighted by molar-refractivity contribution is 9.10. The Bertz CT molecular complexity index is 640. The minimum atomic E-state index is -0.332. The number of hydrogen-bond donors (Lipinski definition) is 2. The molecule has 2 rings (SSSR count). The molecule has 1 aromatic heterocycles. The van der Waals surface area contributed by atoms with Crippen molar-refractivity contribution in [3.05, 3.63) is 57.4 Å². The lowest BCUT2D eigenvalue weighted by Crippen LogP contribution is -2.34. The second-order valence-electron chi connectivity index (χ2n) is 4.12. The maximum absolute atomic E-state index is 11.8. The maximum atomic E-state index is 11.8. The summed E-state index contributed by atoms with van der Waals surface area (Å²) in [5, 5.41) is 5.91. The Morgan fingerprint density at radius 1 is 1.00 bits per heavy atom. The molecule has 0 atom stereocenters. The van der Waals surface area contributed by atoms with Gasteiger partial charge in [0, 0.05) is 23.7 Å². The van der Waals surface area contributed by atoms with Gasteiger partial charge >= 0.3 is 0 Å². The maximum Gasteiger partial charge on any atom is 0.287 e. The van der Waals surface area contributed by atoms with E-state index in [1.807, 2.05) is 0 Å². The van der Waals surface area contributed by atoms with E-state index < -0.39 is 0 Å². The molecular weight excluding hydrogens is 360 g/mol. The lowest BCUT2D eigenvalue weighted by molar-refractivity contribution is 0.0909. The SMILES string of the molecule is O=C(NCCNC(=O)c1ccc(Br)o1)c1ccc(Cl)cc1. The van der Waals surface area contributed by atoms with Gasteiger partial charge < -0.3 is 15.1 Å². The smallest absolute Gasteiger partial charge is 0.287 e. The first kappa shape index (κ1) is 15.6. The Hall–Kier alpha value is -1.79. The molecule has 1 heterocycles. The number of carbonyl (C=O) groups is 2. The van der Waals surface area contributed by atoms with Crippen molar-refractivity contribution in [3.8, 4) is 0 Å². The minimum Gasteiger partial charge on any atom is -0.444 e. The van der Waals surface area contributed by atoms with Crippen LogP contribution < -0.4 is 10.6 Å². The Balaban J connectivity index is 1.73. The van der Waals surface area contributed by atoms with Crippen LogP contribution in [0.15, 0.2) is 45.5 Å². The Kier molecular flexibility index (Phi) is 5.41. The van der Waals surface area contributed by atoms with E-state index in [0.717, 1.165) is 0 Å². The van der Waals surface area contributed by atoms with Gasteiger partial charge in [0.15, 0.2) is 10.4 Å². The van der Waals surface area contributed by atoms with Crippen LogP contribution in [0.4, 0.5) is 0 Å². The summed E-state index contributed by atoms with van der Waals surface area (Å²) in [5.41, 5.74) is 0.515. The van der Waals surface area contributed by atoms with E-state index in [1.54, 1.807) is 36.4 Å². The number of carbonyl (C=O) groups excluding carboxylic acids is 2. The third-order valence-electron chi connectivity index (χ3n) is 2.60. The molecular formula is C14H12BrClN2O3. The van der Waals surface area contributed by atoms with Gasteiger partial charge in [0.05, 0.1) is 0 Å². The number of benzene rings is 1. The molecule has 0 saturated carbocycles. The zero-order valence-electron chi connectivity index (χ0n) is 10.9. The van der Waals surface area contributed by atoms with Crippen LogP contribution in [0.25, 0.3) is 0 Å². The second-order valence-corrected chi connectivity index (χ2v) is 5.34. The molecule has 0 bridgehead atoms. The molecule has 0 aliphatic heterocycles. The summed E-state index contributed by atoms with van der Waals surface area (Å²) < 4.78 is 5.60. The molecule has 21 heavy (non-hydrogen) atoms. The minimum absolute atomic E-state index is 0.214. The van der Waals surface area contributed by atoms with Crippen LogP contribution in [0.2, 0.25) is 5.02 Å². The van der Waals surface area contributed by atoms with Crippen LogP contribution in [0.5, 0.6) is 0 Å². The van der Waals surface area contributed by atoms with Gasteiger partial charge in [-0.15, -0.1) is 0 Å². The lowest BCUT2D eigenvalue weighted by Gasteiger charge is -2.06. The van der Waals surface area contributed by atoms with E-state index in [0.29, 0.717) is 28.3 Å². The summed E-state index contributed by atoms with van der Waals surface area (Å²) in [5.74, 6) is -0.339. The first-order chi connectivity index (χ1) is 10.1. The first-order valence-electron chi connectivity index (χ1n) is 6.13. The van der Waals surface area contributed by atoms with Gasteiger partial charge in [-0.05, 0) is 52.3 Å². The van der Waals surface area contributed by atoms with E-state index >= 15 is 0 Å². The molecule has 2 N–H and O–H groups in total. The molecule has 0 fully saturated rings. The van der Waals surface area contributed by atoms with Crippen LogP contribution in [-0.4, -0.2) is 24.9 Å². The van der Waals surface area contributed by atoms with Crippen molar-refractivity contribution in [1.29, 1.82) is 0 Å². The number of furan rings is 1. The van der Waals surface area contributed by atoms with Crippen molar-refractivity contribution in [2.75, 3.05) is 13.1 Å². The average Bonchev–Trinajstić information content (AvgIpc) is 2.90. The van der Waals surface area contributed by atoms with E-state index in [-0.39, 0.29) is 17.6 Å². The zero-order valence-corrected chi connectivity index (χ0v) is 13.2. The van der Waals surface area contributed by atoms with E-state index in [2.05, 4.69) is 26.6 Å². The quantitative estimate of drug-likeness (QED) is 0.794. The normalized spacial score (nSPS) is 10.2. The van der Waals surface area contributed by atoms with Crippen LogP contribution >= 0.6 is 27.5 Å². The van der Waals surface area contributed by atoms with Gasteiger partial charge in [-0.3, -0.25) is 9.59 Å². The largest absolute Gasteiger partial charge is 0.444 e. The topological polar surface area (TPSA) is 71.3 Å². The summed E-state index contributed by atoms with van der Waals surface area (Å²) >= 11 is 8.87. The number of hydrogen-bond acceptors (Lipinski definition) is 3. The van der Waals surface area contributed by atoms with Crippen molar-refractivity contribution in [2.24, 2.45) is 0 Å². The van der Waals surface area contributed by atoms with Crippen molar-refractivity contribution < 1.29 is 14.0 Å². The molecule has 5 nitrogen and oxygen atoms in total. The van der Waals surface area contributed by atoms with Gasteiger partial charge in [0.1, 0.15) is 0 Å². The van der Waals surface area contributed by atoms with Crippen LogP contribution in [0.3, 0.4) is 0 Å². The fraction of sp³-hybridized carbons (Fsp3) is 0.143. The molecule has 0 saturated heterocycles. The standard InChI is InChI=1S/C14H12BrClN2O3/c15-12-6-5-11(21-12)14(20)18-8-7-17-13(19)9-1-3-10(16)4-2-9/h1-6H,7-8H2,(H,17,19)(H,18,20). The van der Waals surface area contributed by atoms with Crippen molar-refractivity contribution in [3.63, 3.8) is 0 Å². The van der Waals surface area contributed by atoms with Crippen LogP contribution in [0.1, 0.15) is 20.9 Å². The molecule has 1 aromatic carbocycles. The molecule has 0 aliphatic rings. The average molecular weight is 372 g/mol. The van der Waals surface area contributed by atoms with Gasteiger partial charge in [-0.1, -0.05) is 11.6 Å². The number of amides is 2. The summed E-state index contributed by atoms with van der Waals surface area (Å²) in [6.07, 6.45) is 0. The summed E-state index contributed by atoms with van der Waals surface area (Å²) in [6, 6.07) is 9.76. The highest BCUT2D eigenvalue weighted by atomic mass is 79.9. The fourth-order valence-electron chi connectivity index (χ4n) is 1.58. The van der Waals surface area contributed by atoms with E-state index in [4.69, 9.17) is 16.0 Å². The first-order valence-corrected chi connectivity index (χ1v) is 7.30. The Morgan fingerprint density at radius 3 is 2.19 bits per heavy atom. The van der Waals surface area contributed by atoms with Crippen molar-refractivity contribution in [1.82, 2.24) is 10.6 Å². The molecule has 7 heteroatoms. The molecule has 0 unspecified atom stereocenters. The van der Waals surface area contributed by atoms with E-state index in [1.165, 1.54) is 0 Å². The van der Waals surface area contributed by atoms with Crippen LogP contribution in [0, 0.1) is 0 Å². The zero-order chi connectivity index (χ0) is 15.2. The molecule has 2 amide bonds. The number of halogens is 2. The van der Waals surface area contributed by atoms with Crippen LogP contribution in [-0.2, 0) is 0 Å². The lowest BCUT2D eigenvalue weighted by atomic mass is 10.2. The fourth-order valence-corrected chi connectivity index (χ4v) is 2.01.